The average Bonchev–Trinajstić information content (AvgIpc) is 3.77. The molecule has 234 valence electrons. The molecule has 4 nitrogen and oxygen atoms in total. The van der Waals surface area contributed by atoms with Crippen LogP contribution in [0.3, 0.4) is 0 Å². The highest BCUT2D eigenvalue weighted by molar-refractivity contribution is 7.25. The van der Waals surface area contributed by atoms with E-state index in [1.165, 1.54) is 20.2 Å². The first-order valence-corrected chi connectivity index (χ1v) is 17.4. The summed E-state index contributed by atoms with van der Waals surface area (Å²) in [6.45, 7) is 0. The van der Waals surface area contributed by atoms with E-state index in [1.807, 2.05) is 66.2 Å². The van der Waals surface area contributed by atoms with Gasteiger partial charge in [-0.25, -0.2) is 9.97 Å². The van der Waals surface area contributed by atoms with Crippen molar-refractivity contribution in [3.63, 3.8) is 0 Å². The summed E-state index contributed by atoms with van der Waals surface area (Å²) in [6, 6.07) is 52.7. The number of fused-ring (bicyclic) bond motifs is 6. The first-order valence-electron chi connectivity index (χ1n) is 16.6. The fourth-order valence-corrected chi connectivity index (χ4v) is 8.31. The molecule has 4 aromatic heterocycles. The summed E-state index contributed by atoms with van der Waals surface area (Å²) in [6.07, 6.45) is 3.66. The molecule has 0 atom stereocenters. The maximum atomic E-state index is 6.79. The van der Waals surface area contributed by atoms with Crippen molar-refractivity contribution in [1.29, 1.82) is 0 Å². The van der Waals surface area contributed by atoms with Crippen LogP contribution in [0.5, 0.6) is 0 Å². The molecule has 0 aliphatic rings. The highest BCUT2D eigenvalue weighted by Gasteiger charge is 2.22. The Hall–Kier alpha value is -6.43. The number of furan rings is 1. The fraction of sp³-hybridized carbons (Fsp3) is 0. The number of para-hydroxylation sites is 1. The van der Waals surface area contributed by atoms with E-state index >= 15 is 0 Å². The molecule has 0 aliphatic heterocycles. The van der Waals surface area contributed by atoms with E-state index in [2.05, 4.69) is 114 Å². The van der Waals surface area contributed by atoms with Crippen LogP contribution in [0.1, 0.15) is 0 Å². The van der Waals surface area contributed by atoms with Crippen LogP contribution in [0.4, 0.5) is 0 Å². The van der Waals surface area contributed by atoms with E-state index in [0.717, 1.165) is 72.3 Å². The Bertz CT molecular complexity index is 2870. The maximum absolute atomic E-state index is 6.79. The molecule has 0 bridgehead atoms. The van der Waals surface area contributed by atoms with Crippen molar-refractivity contribution in [3.8, 4) is 56.2 Å². The molecule has 50 heavy (non-hydrogen) atoms. The Morgan fingerprint density at radius 2 is 1.12 bits per heavy atom. The molecule has 0 saturated carbocycles. The SMILES string of the molecule is c1ccc(-c2cc(-c3ccccc3-c3ccncc3)nc(-c3ccc(-c4cccc5sc6ccccc6c45)c4oc5ccccc5c34)n2)cc1. The van der Waals surface area contributed by atoms with Gasteiger partial charge in [0.1, 0.15) is 11.2 Å². The Balaban J connectivity index is 1.26. The van der Waals surface area contributed by atoms with E-state index in [-0.39, 0.29) is 0 Å². The van der Waals surface area contributed by atoms with Gasteiger partial charge in [-0.3, -0.25) is 4.98 Å². The number of aromatic nitrogens is 3. The number of nitrogens with zero attached hydrogens (tertiary/aromatic N) is 3. The molecule has 10 rings (SSSR count). The monoisotopic (exact) mass is 657 g/mol. The third kappa shape index (κ3) is 4.63. The number of hydrogen-bond donors (Lipinski definition) is 0. The van der Waals surface area contributed by atoms with Gasteiger partial charge in [0.25, 0.3) is 0 Å². The van der Waals surface area contributed by atoms with Gasteiger partial charge in [-0.15, -0.1) is 11.3 Å². The summed E-state index contributed by atoms with van der Waals surface area (Å²) in [7, 11) is 0. The number of benzene rings is 6. The number of hydrogen-bond acceptors (Lipinski definition) is 5. The number of thiophene rings is 1. The molecule has 5 heteroatoms. The molecular weight excluding hydrogens is 631 g/mol. The summed E-state index contributed by atoms with van der Waals surface area (Å²) in [5.41, 5.74) is 10.7. The van der Waals surface area contributed by atoms with Crippen molar-refractivity contribution < 1.29 is 4.42 Å². The second-order valence-corrected chi connectivity index (χ2v) is 13.4. The third-order valence-electron chi connectivity index (χ3n) is 9.45. The minimum atomic E-state index is 0.646. The predicted molar refractivity (Wildman–Crippen MR) is 207 cm³/mol. The van der Waals surface area contributed by atoms with Crippen LogP contribution in [-0.2, 0) is 0 Å². The Morgan fingerprint density at radius 1 is 0.440 bits per heavy atom. The van der Waals surface area contributed by atoms with E-state index < -0.39 is 0 Å². The Labute approximate surface area is 292 Å². The van der Waals surface area contributed by atoms with Crippen LogP contribution in [0.25, 0.3) is 98.3 Å². The molecule has 0 amide bonds. The zero-order valence-electron chi connectivity index (χ0n) is 26.7. The highest BCUT2D eigenvalue weighted by atomic mass is 32.1. The smallest absolute Gasteiger partial charge is 0.161 e. The van der Waals surface area contributed by atoms with E-state index in [0.29, 0.717) is 5.82 Å². The standard InChI is InChI=1S/C45H27N3OS/c1-2-11-29(12-3-1)37-27-38(31-14-5-4-13-30(31)28-23-25-46-26-24-28)48-45(47-37)36-22-21-33(44-43(36)34-15-6-8-18-39(34)49-44)32-17-10-20-41-42(32)35-16-7-9-19-40(35)50-41/h1-27H. The molecule has 0 spiro atoms. The van der Waals surface area contributed by atoms with E-state index in [9.17, 15) is 0 Å². The van der Waals surface area contributed by atoms with Crippen molar-refractivity contribution in [3.05, 3.63) is 164 Å². The van der Waals surface area contributed by atoms with Crippen molar-refractivity contribution >= 4 is 53.4 Å². The zero-order chi connectivity index (χ0) is 33.0. The van der Waals surface area contributed by atoms with Crippen molar-refractivity contribution in [2.45, 2.75) is 0 Å². The Morgan fingerprint density at radius 3 is 2.00 bits per heavy atom. The molecule has 10 aromatic rings. The first-order chi connectivity index (χ1) is 24.8. The van der Waals surface area contributed by atoms with Gasteiger partial charge in [0, 0.05) is 65.6 Å². The largest absolute Gasteiger partial charge is 0.455 e. The number of pyridine rings is 1. The van der Waals surface area contributed by atoms with Crippen LogP contribution >= 0.6 is 11.3 Å². The van der Waals surface area contributed by atoms with Gasteiger partial charge in [0.05, 0.1) is 11.4 Å². The lowest BCUT2D eigenvalue weighted by Crippen LogP contribution is -1.98. The normalized spacial score (nSPS) is 11.6. The molecule has 0 fully saturated rings. The lowest BCUT2D eigenvalue weighted by Gasteiger charge is -2.14. The Kier molecular flexibility index (Phi) is 6.64. The summed E-state index contributed by atoms with van der Waals surface area (Å²) in [5.74, 6) is 0.646. The molecule has 4 heterocycles. The van der Waals surface area contributed by atoms with Crippen molar-refractivity contribution in [2.75, 3.05) is 0 Å². The lowest BCUT2D eigenvalue weighted by atomic mass is 9.94. The molecule has 0 saturated heterocycles. The third-order valence-corrected chi connectivity index (χ3v) is 10.6. The van der Waals surface area contributed by atoms with Crippen LogP contribution in [0.15, 0.2) is 168 Å². The molecule has 0 unspecified atom stereocenters. The van der Waals surface area contributed by atoms with Crippen LogP contribution in [0.2, 0.25) is 0 Å². The minimum Gasteiger partial charge on any atom is -0.455 e. The summed E-state index contributed by atoms with van der Waals surface area (Å²) >= 11 is 1.83. The summed E-state index contributed by atoms with van der Waals surface area (Å²) in [5, 5.41) is 4.55. The quantitative estimate of drug-likeness (QED) is 0.185. The molecular formula is C45H27N3OS. The molecule has 0 aliphatic carbocycles. The van der Waals surface area contributed by atoms with E-state index in [4.69, 9.17) is 14.4 Å². The highest BCUT2D eigenvalue weighted by Crippen LogP contribution is 2.46. The predicted octanol–water partition coefficient (Wildman–Crippen LogP) is 12.5. The van der Waals surface area contributed by atoms with Gasteiger partial charge in [0.15, 0.2) is 5.82 Å². The van der Waals surface area contributed by atoms with Gasteiger partial charge in [-0.2, -0.15) is 0 Å². The van der Waals surface area contributed by atoms with Crippen LogP contribution < -0.4 is 0 Å². The van der Waals surface area contributed by atoms with Crippen molar-refractivity contribution in [2.24, 2.45) is 0 Å². The maximum Gasteiger partial charge on any atom is 0.161 e. The average molecular weight is 658 g/mol. The number of rotatable bonds is 5. The minimum absolute atomic E-state index is 0.646. The topological polar surface area (TPSA) is 51.8 Å². The van der Waals surface area contributed by atoms with Crippen molar-refractivity contribution in [1.82, 2.24) is 15.0 Å². The van der Waals surface area contributed by atoms with Crippen LogP contribution in [-0.4, -0.2) is 15.0 Å². The molecule has 0 N–H and O–H groups in total. The van der Waals surface area contributed by atoms with Gasteiger partial charge in [-0.05, 0) is 65.2 Å². The van der Waals surface area contributed by atoms with Crippen LogP contribution in [0, 0.1) is 0 Å². The van der Waals surface area contributed by atoms with Gasteiger partial charge in [0.2, 0.25) is 0 Å². The van der Waals surface area contributed by atoms with Gasteiger partial charge < -0.3 is 4.42 Å². The second kappa shape index (κ2) is 11.6. The molecule has 0 radical (unpaired) electrons. The molecule has 6 aromatic carbocycles. The zero-order valence-corrected chi connectivity index (χ0v) is 27.6. The van der Waals surface area contributed by atoms with Gasteiger partial charge in [-0.1, -0.05) is 103 Å². The fourth-order valence-electron chi connectivity index (χ4n) is 7.18. The first kappa shape index (κ1) is 28.6. The summed E-state index contributed by atoms with van der Waals surface area (Å²) in [4.78, 5) is 14.9. The summed E-state index contributed by atoms with van der Waals surface area (Å²) < 4.78 is 9.32. The lowest BCUT2D eigenvalue weighted by molar-refractivity contribution is 0.670. The van der Waals surface area contributed by atoms with Gasteiger partial charge >= 0.3 is 0 Å². The second-order valence-electron chi connectivity index (χ2n) is 12.3. The van der Waals surface area contributed by atoms with E-state index in [1.54, 1.807) is 0 Å².